The molecule has 0 fully saturated rings. The van der Waals surface area contributed by atoms with E-state index in [1.165, 1.54) is 0 Å². The lowest BCUT2D eigenvalue weighted by atomic mass is 10.1. The normalized spacial score (nSPS) is 14.1. The van der Waals surface area contributed by atoms with Crippen LogP contribution in [0.1, 0.15) is 15.9 Å². The average Bonchev–Trinajstić information content (AvgIpc) is 2.61. The second-order valence-corrected chi connectivity index (χ2v) is 7.00. The molecule has 1 heterocycles. The smallest absolute Gasteiger partial charge is 0.253 e. The van der Waals surface area contributed by atoms with Crippen molar-refractivity contribution in [3.05, 3.63) is 53.6 Å². The quantitative estimate of drug-likeness (QED) is 0.854. The van der Waals surface area contributed by atoms with Gasteiger partial charge in [0.15, 0.2) is 11.5 Å². The summed E-state index contributed by atoms with van der Waals surface area (Å²) in [6.45, 7) is 1.57. The van der Waals surface area contributed by atoms with Gasteiger partial charge in [-0.15, -0.1) is 0 Å². The molecule has 2 aromatic rings. The van der Waals surface area contributed by atoms with Crippen LogP contribution in [0.5, 0.6) is 11.5 Å². The average molecular weight is 345 g/mol. The van der Waals surface area contributed by atoms with Crippen LogP contribution in [0.4, 0.5) is 0 Å². The van der Waals surface area contributed by atoms with Gasteiger partial charge in [0.2, 0.25) is 0 Å². The summed E-state index contributed by atoms with van der Waals surface area (Å²) in [5, 5.41) is 0. The zero-order valence-corrected chi connectivity index (χ0v) is 14.5. The van der Waals surface area contributed by atoms with Gasteiger partial charge in [0.25, 0.3) is 5.91 Å². The van der Waals surface area contributed by atoms with Crippen molar-refractivity contribution in [1.82, 2.24) is 4.90 Å². The summed E-state index contributed by atoms with van der Waals surface area (Å²) in [4.78, 5) is 14.9. The van der Waals surface area contributed by atoms with E-state index in [2.05, 4.69) is 0 Å². The van der Waals surface area contributed by atoms with E-state index in [4.69, 9.17) is 9.47 Å². The molecule has 0 bridgehead atoms. The highest BCUT2D eigenvalue weighted by atomic mass is 32.2. The minimum absolute atomic E-state index is 0.0849. The lowest BCUT2D eigenvalue weighted by Gasteiger charge is -2.21. The van der Waals surface area contributed by atoms with Crippen LogP contribution in [0, 0.1) is 0 Å². The Balaban J connectivity index is 1.70. The molecule has 1 unspecified atom stereocenters. The van der Waals surface area contributed by atoms with Crippen molar-refractivity contribution in [2.24, 2.45) is 0 Å². The SMILES string of the molecule is CN(Cc1ccc2c(c1)OCCO2)C(=O)c1ccc(S(C)=O)cc1. The van der Waals surface area contributed by atoms with E-state index >= 15 is 0 Å². The number of fused-ring (bicyclic) bond motifs is 1. The summed E-state index contributed by atoms with van der Waals surface area (Å²) in [6, 6.07) is 12.6. The Bertz CT molecular complexity index is 773. The minimum atomic E-state index is -1.04. The summed E-state index contributed by atoms with van der Waals surface area (Å²) in [7, 11) is 0.710. The fourth-order valence-electron chi connectivity index (χ4n) is 2.54. The van der Waals surface area contributed by atoms with Gasteiger partial charge < -0.3 is 14.4 Å². The van der Waals surface area contributed by atoms with Crippen LogP contribution in [0.15, 0.2) is 47.4 Å². The van der Waals surface area contributed by atoms with Gasteiger partial charge in [-0.2, -0.15) is 0 Å². The third-order valence-electron chi connectivity index (χ3n) is 3.81. The number of ether oxygens (including phenoxy) is 2. The van der Waals surface area contributed by atoms with Crippen molar-refractivity contribution < 1.29 is 18.5 Å². The van der Waals surface area contributed by atoms with Gasteiger partial charge in [0.05, 0.1) is 0 Å². The summed E-state index contributed by atoms with van der Waals surface area (Å²) in [5.41, 5.74) is 1.55. The first kappa shape index (κ1) is 16.5. The number of nitrogens with zero attached hydrogens (tertiary/aromatic N) is 1. The van der Waals surface area contributed by atoms with E-state index in [1.807, 2.05) is 18.2 Å². The molecule has 0 aliphatic carbocycles. The zero-order chi connectivity index (χ0) is 17.1. The molecule has 6 heteroatoms. The molecule has 0 spiro atoms. The highest BCUT2D eigenvalue weighted by Gasteiger charge is 2.15. The number of rotatable bonds is 4. The number of hydrogen-bond donors (Lipinski definition) is 0. The predicted octanol–water partition coefficient (Wildman–Crippen LogP) is 2.47. The van der Waals surface area contributed by atoms with Crippen molar-refractivity contribution in [3.63, 3.8) is 0 Å². The maximum atomic E-state index is 12.5. The first-order valence-electron chi connectivity index (χ1n) is 7.62. The highest BCUT2D eigenvalue weighted by molar-refractivity contribution is 7.84. The Kier molecular flexibility index (Phi) is 4.85. The molecular formula is C18H19NO4S. The third kappa shape index (κ3) is 3.59. The summed E-state index contributed by atoms with van der Waals surface area (Å²) in [6.07, 6.45) is 1.62. The molecule has 3 rings (SSSR count). The fourth-order valence-corrected chi connectivity index (χ4v) is 3.06. The maximum Gasteiger partial charge on any atom is 0.253 e. The van der Waals surface area contributed by atoms with Crippen molar-refractivity contribution in [2.75, 3.05) is 26.5 Å². The van der Waals surface area contributed by atoms with E-state index in [9.17, 15) is 9.00 Å². The third-order valence-corrected chi connectivity index (χ3v) is 4.74. The molecule has 1 aliphatic rings. The molecule has 24 heavy (non-hydrogen) atoms. The molecule has 2 aromatic carbocycles. The van der Waals surface area contributed by atoms with Crippen molar-refractivity contribution in [3.8, 4) is 11.5 Å². The van der Waals surface area contributed by atoms with Crippen molar-refractivity contribution in [2.45, 2.75) is 11.4 Å². The van der Waals surface area contributed by atoms with Crippen LogP contribution < -0.4 is 9.47 Å². The molecule has 0 aromatic heterocycles. The van der Waals surface area contributed by atoms with Crippen molar-refractivity contribution >= 4 is 16.7 Å². The minimum Gasteiger partial charge on any atom is -0.486 e. The molecule has 5 nitrogen and oxygen atoms in total. The molecule has 0 saturated heterocycles. The van der Waals surface area contributed by atoms with E-state index in [1.54, 1.807) is 42.5 Å². The second-order valence-electron chi connectivity index (χ2n) is 5.62. The Hall–Kier alpha value is -2.34. The Morgan fingerprint density at radius 3 is 2.42 bits per heavy atom. The maximum absolute atomic E-state index is 12.5. The number of carbonyl (C=O) groups is 1. The van der Waals surface area contributed by atoms with Gasteiger partial charge in [-0.05, 0) is 42.0 Å². The molecule has 1 atom stereocenters. The molecular weight excluding hydrogens is 326 g/mol. The van der Waals surface area contributed by atoms with Crippen LogP contribution in [0.3, 0.4) is 0 Å². The summed E-state index contributed by atoms with van der Waals surface area (Å²) in [5.74, 6) is 1.37. The van der Waals surface area contributed by atoms with E-state index in [-0.39, 0.29) is 5.91 Å². The largest absolute Gasteiger partial charge is 0.486 e. The highest BCUT2D eigenvalue weighted by Crippen LogP contribution is 2.31. The molecule has 0 saturated carbocycles. The summed E-state index contributed by atoms with van der Waals surface area (Å²) >= 11 is 0. The lowest BCUT2D eigenvalue weighted by Crippen LogP contribution is -2.26. The summed E-state index contributed by atoms with van der Waals surface area (Å²) < 4.78 is 22.5. The van der Waals surface area contributed by atoms with Gasteiger partial charge in [-0.25, -0.2) is 0 Å². The zero-order valence-electron chi connectivity index (χ0n) is 13.7. The monoisotopic (exact) mass is 345 g/mol. The van der Waals surface area contributed by atoms with Gasteiger partial charge in [0, 0.05) is 41.1 Å². The Morgan fingerprint density at radius 2 is 1.75 bits per heavy atom. The fraction of sp³-hybridized carbons (Fsp3) is 0.278. The second kappa shape index (κ2) is 7.05. The first-order chi connectivity index (χ1) is 11.5. The number of amides is 1. The topological polar surface area (TPSA) is 55.8 Å². The molecule has 126 valence electrons. The van der Waals surface area contributed by atoms with Gasteiger partial charge in [0.1, 0.15) is 13.2 Å². The first-order valence-corrected chi connectivity index (χ1v) is 9.18. The van der Waals surface area contributed by atoms with Crippen LogP contribution in [-0.2, 0) is 17.3 Å². The molecule has 1 amide bonds. The predicted molar refractivity (Wildman–Crippen MR) is 92.0 cm³/mol. The van der Waals surface area contributed by atoms with E-state index in [0.717, 1.165) is 17.1 Å². The van der Waals surface area contributed by atoms with E-state index in [0.29, 0.717) is 30.2 Å². The lowest BCUT2D eigenvalue weighted by molar-refractivity contribution is 0.0784. The van der Waals surface area contributed by atoms with Crippen LogP contribution in [0.25, 0.3) is 0 Å². The molecule has 0 N–H and O–H groups in total. The van der Waals surface area contributed by atoms with Gasteiger partial charge in [-0.1, -0.05) is 6.07 Å². The van der Waals surface area contributed by atoms with Crippen LogP contribution in [0.2, 0.25) is 0 Å². The molecule has 1 aliphatic heterocycles. The van der Waals surface area contributed by atoms with Gasteiger partial charge in [-0.3, -0.25) is 9.00 Å². The number of carbonyl (C=O) groups excluding carboxylic acids is 1. The van der Waals surface area contributed by atoms with Crippen LogP contribution >= 0.6 is 0 Å². The Morgan fingerprint density at radius 1 is 1.08 bits per heavy atom. The van der Waals surface area contributed by atoms with Crippen LogP contribution in [-0.4, -0.2) is 41.5 Å². The van der Waals surface area contributed by atoms with Gasteiger partial charge >= 0.3 is 0 Å². The van der Waals surface area contributed by atoms with Crippen molar-refractivity contribution in [1.29, 1.82) is 0 Å². The Labute approximate surface area is 143 Å². The number of hydrogen-bond acceptors (Lipinski definition) is 4. The molecule has 0 radical (unpaired) electrons. The van der Waals surface area contributed by atoms with E-state index < -0.39 is 10.8 Å². The number of benzene rings is 2. The standard InChI is InChI=1S/C18H19NO4S/c1-19(18(20)14-4-6-15(7-5-14)24(2)21)12-13-3-8-16-17(11-13)23-10-9-22-16/h3-8,11H,9-10,12H2,1-2H3.